The number of nitrogens with one attached hydrogen (secondary N) is 1. The van der Waals surface area contributed by atoms with Crippen LogP contribution in [0.15, 0.2) is 75.7 Å². The van der Waals surface area contributed by atoms with E-state index in [0.29, 0.717) is 23.8 Å². The molecule has 5 rings (SSSR count). The van der Waals surface area contributed by atoms with Crippen LogP contribution in [0.3, 0.4) is 0 Å². The lowest BCUT2D eigenvalue weighted by Crippen LogP contribution is -2.12. The fourth-order valence-corrected chi connectivity index (χ4v) is 3.46. The number of anilines is 1. The first-order valence-corrected chi connectivity index (χ1v) is 9.88. The summed E-state index contributed by atoms with van der Waals surface area (Å²) in [5.41, 5.74) is 3.15. The van der Waals surface area contributed by atoms with Gasteiger partial charge in [-0.05, 0) is 48.5 Å². The van der Waals surface area contributed by atoms with Gasteiger partial charge < -0.3 is 19.0 Å². The number of amides is 1. The average molecular weight is 413 g/mol. The molecule has 0 aliphatic heterocycles. The maximum Gasteiger partial charge on any atom is 0.227 e. The van der Waals surface area contributed by atoms with Crippen molar-refractivity contribution in [1.82, 2.24) is 10.1 Å². The van der Waals surface area contributed by atoms with Gasteiger partial charge in [-0.1, -0.05) is 23.4 Å². The molecule has 31 heavy (non-hydrogen) atoms. The lowest BCUT2D eigenvalue weighted by atomic mass is 10.1. The second kappa shape index (κ2) is 7.95. The predicted molar refractivity (Wildman–Crippen MR) is 117 cm³/mol. The zero-order valence-electron chi connectivity index (χ0n) is 16.8. The molecule has 0 radical (unpaired) electrons. The zero-order valence-corrected chi connectivity index (χ0v) is 16.8. The summed E-state index contributed by atoms with van der Waals surface area (Å²) in [6, 6.07) is 20.8. The number of aryl methyl sites for hydroxylation is 1. The smallest absolute Gasteiger partial charge is 0.227 e. The van der Waals surface area contributed by atoms with Crippen LogP contribution in [-0.4, -0.2) is 23.2 Å². The van der Waals surface area contributed by atoms with Crippen molar-refractivity contribution < 1.29 is 18.5 Å². The molecule has 3 aromatic carbocycles. The lowest BCUT2D eigenvalue weighted by molar-refractivity contribution is -0.116. The second-order valence-electron chi connectivity index (χ2n) is 7.10. The van der Waals surface area contributed by atoms with Gasteiger partial charge in [0.25, 0.3) is 0 Å². The highest BCUT2D eigenvalue weighted by Crippen LogP contribution is 2.30. The molecule has 1 amide bonds. The fraction of sp³-hybridized carbons (Fsp3) is 0.125. The third kappa shape index (κ3) is 3.85. The van der Waals surface area contributed by atoms with Gasteiger partial charge in [-0.3, -0.25) is 4.79 Å². The van der Waals surface area contributed by atoms with Crippen LogP contribution in [0.1, 0.15) is 12.3 Å². The first kappa shape index (κ1) is 18.9. The molecule has 7 heteroatoms. The number of aromatic nitrogens is 2. The van der Waals surface area contributed by atoms with Crippen LogP contribution >= 0.6 is 0 Å². The summed E-state index contributed by atoms with van der Waals surface area (Å²) in [6.07, 6.45) is 0.584. The number of furan rings is 1. The third-order valence-corrected chi connectivity index (χ3v) is 5.04. The molecule has 0 atom stereocenters. The Morgan fingerprint density at radius 2 is 1.81 bits per heavy atom. The molecule has 0 aliphatic rings. The van der Waals surface area contributed by atoms with Crippen molar-refractivity contribution in [1.29, 1.82) is 0 Å². The van der Waals surface area contributed by atoms with Gasteiger partial charge in [0.1, 0.15) is 16.9 Å². The summed E-state index contributed by atoms with van der Waals surface area (Å²) >= 11 is 0. The Morgan fingerprint density at radius 1 is 1.00 bits per heavy atom. The average Bonchev–Trinajstić information content (AvgIpc) is 3.42. The number of carbonyl (C=O) groups is 1. The SMILES string of the molecule is COc1ccc(-c2noc(CCC(=O)Nc3ccc4oc5ccccc5c4c3)n2)cc1. The third-order valence-electron chi connectivity index (χ3n) is 5.04. The Bertz CT molecular complexity index is 1370. The van der Waals surface area contributed by atoms with Crippen molar-refractivity contribution in [3.05, 3.63) is 72.6 Å². The van der Waals surface area contributed by atoms with E-state index in [1.807, 2.05) is 66.7 Å². The molecule has 0 aliphatic carbocycles. The molecule has 7 nitrogen and oxygen atoms in total. The van der Waals surface area contributed by atoms with Gasteiger partial charge in [-0.25, -0.2) is 0 Å². The standard InChI is InChI=1S/C24H19N3O4/c1-29-17-9-6-15(7-10-17)24-26-23(31-27-24)13-12-22(28)25-16-8-11-21-19(14-16)18-4-2-3-5-20(18)30-21/h2-11,14H,12-13H2,1H3,(H,25,28). The minimum absolute atomic E-state index is 0.128. The molecule has 0 bridgehead atoms. The molecule has 1 N–H and O–H groups in total. The number of methoxy groups -OCH3 is 1. The number of hydrogen-bond donors (Lipinski definition) is 1. The normalized spacial score (nSPS) is 11.1. The van der Waals surface area contributed by atoms with Gasteiger partial charge in [0.15, 0.2) is 0 Å². The van der Waals surface area contributed by atoms with E-state index in [2.05, 4.69) is 15.5 Å². The van der Waals surface area contributed by atoms with E-state index in [9.17, 15) is 4.79 Å². The van der Waals surface area contributed by atoms with Crippen LogP contribution in [-0.2, 0) is 11.2 Å². The minimum atomic E-state index is -0.128. The maximum atomic E-state index is 12.4. The molecule has 2 heterocycles. The largest absolute Gasteiger partial charge is 0.497 e. The Morgan fingerprint density at radius 3 is 2.65 bits per heavy atom. The van der Waals surface area contributed by atoms with Crippen LogP contribution in [0.4, 0.5) is 5.69 Å². The predicted octanol–water partition coefficient (Wildman–Crippen LogP) is 5.22. The summed E-state index contributed by atoms with van der Waals surface area (Å²) in [4.78, 5) is 16.8. The summed E-state index contributed by atoms with van der Waals surface area (Å²) in [7, 11) is 1.61. The van der Waals surface area contributed by atoms with Gasteiger partial charge in [0.05, 0.1) is 7.11 Å². The molecule has 2 aromatic heterocycles. The number of benzene rings is 3. The Balaban J connectivity index is 1.24. The first-order chi connectivity index (χ1) is 15.2. The maximum absolute atomic E-state index is 12.4. The molecule has 5 aromatic rings. The number of ether oxygens (including phenoxy) is 1. The van der Waals surface area contributed by atoms with Crippen LogP contribution < -0.4 is 10.1 Å². The minimum Gasteiger partial charge on any atom is -0.497 e. The molecular weight excluding hydrogens is 394 g/mol. The van der Waals surface area contributed by atoms with E-state index in [0.717, 1.165) is 33.3 Å². The van der Waals surface area contributed by atoms with Gasteiger partial charge >= 0.3 is 0 Å². The Labute approximate surface area is 177 Å². The molecule has 0 spiro atoms. The number of para-hydroxylation sites is 1. The number of nitrogens with zero attached hydrogens (tertiary/aromatic N) is 2. The van der Waals surface area contributed by atoms with E-state index >= 15 is 0 Å². The fourth-order valence-electron chi connectivity index (χ4n) is 3.46. The second-order valence-corrected chi connectivity index (χ2v) is 7.10. The van der Waals surface area contributed by atoms with Crippen LogP contribution in [0.25, 0.3) is 33.3 Å². The van der Waals surface area contributed by atoms with E-state index in [1.54, 1.807) is 7.11 Å². The van der Waals surface area contributed by atoms with Crippen LogP contribution in [0.5, 0.6) is 5.75 Å². The molecular formula is C24H19N3O4. The van der Waals surface area contributed by atoms with Crippen molar-refractivity contribution in [2.75, 3.05) is 12.4 Å². The number of carbonyl (C=O) groups excluding carboxylic acids is 1. The topological polar surface area (TPSA) is 90.4 Å². The Kier molecular flexibility index (Phi) is 4.84. The van der Waals surface area contributed by atoms with Crippen LogP contribution in [0.2, 0.25) is 0 Å². The van der Waals surface area contributed by atoms with Gasteiger partial charge in [0.2, 0.25) is 17.6 Å². The van der Waals surface area contributed by atoms with Crippen molar-refractivity contribution >= 4 is 33.5 Å². The molecule has 0 fully saturated rings. The van der Waals surface area contributed by atoms with E-state index < -0.39 is 0 Å². The first-order valence-electron chi connectivity index (χ1n) is 9.88. The highest BCUT2D eigenvalue weighted by Gasteiger charge is 2.12. The van der Waals surface area contributed by atoms with E-state index in [1.165, 1.54) is 0 Å². The number of rotatable bonds is 6. The number of fused-ring (bicyclic) bond motifs is 3. The van der Waals surface area contributed by atoms with Crippen molar-refractivity contribution in [3.63, 3.8) is 0 Å². The summed E-state index contributed by atoms with van der Waals surface area (Å²) in [5, 5.41) is 8.90. The molecule has 0 saturated carbocycles. The van der Waals surface area contributed by atoms with Crippen molar-refractivity contribution in [3.8, 4) is 17.1 Å². The Hall–Kier alpha value is -4.13. The summed E-state index contributed by atoms with van der Waals surface area (Å²) in [5.74, 6) is 1.52. The van der Waals surface area contributed by atoms with Crippen LogP contribution in [0, 0.1) is 0 Å². The highest BCUT2D eigenvalue weighted by molar-refractivity contribution is 6.06. The molecule has 0 unspecified atom stereocenters. The lowest BCUT2D eigenvalue weighted by Gasteiger charge is -2.04. The van der Waals surface area contributed by atoms with E-state index in [-0.39, 0.29) is 12.3 Å². The molecule has 0 saturated heterocycles. The van der Waals surface area contributed by atoms with Gasteiger partial charge in [-0.2, -0.15) is 4.98 Å². The van der Waals surface area contributed by atoms with E-state index in [4.69, 9.17) is 13.7 Å². The summed E-state index contributed by atoms with van der Waals surface area (Å²) in [6.45, 7) is 0. The monoisotopic (exact) mass is 413 g/mol. The van der Waals surface area contributed by atoms with Gasteiger partial charge in [-0.15, -0.1) is 0 Å². The quantitative estimate of drug-likeness (QED) is 0.411. The van der Waals surface area contributed by atoms with Gasteiger partial charge in [0, 0.05) is 34.9 Å². The molecule has 154 valence electrons. The zero-order chi connectivity index (χ0) is 21.2. The highest BCUT2D eigenvalue weighted by atomic mass is 16.5. The van der Waals surface area contributed by atoms with Crippen molar-refractivity contribution in [2.45, 2.75) is 12.8 Å². The van der Waals surface area contributed by atoms with Crippen molar-refractivity contribution in [2.24, 2.45) is 0 Å². The number of hydrogen-bond acceptors (Lipinski definition) is 6. The summed E-state index contributed by atoms with van der Waals surface area (Å²) < 4.78 is 16.3.